The monoisotopic (exact) mass is 542 g/mol. The Labute approximate surface area is 222 Å². The number of benzene rings is 2. The van der Waals surface area contributed by atoms with Crippen LogP contribution in [0.1, 0.15) is 23.6 Å². The number of aromatic nitrogens is 3. The maximum Gasteiger partial charge on any atom is 0.177 e. The summed E-state index contributed by atoms with van der Waals surface area (Å²) in [5, 5.41) is 23.8. The Morgan fingerprint density at radius 3 is 2.63 bits per heavy atom. The molecular formula is C27H25F3N4O3S. The van der Waals surface area contributed by atoms with Gasteiger partial charge in [0, 0.05) is 22.4 Å². The Morgan fingerprint density at radius 2 is 1.97 bits per heavy atom. The number of thioether (sulfide) groups is 1. The fourth-order valence-electron chi connectivity index (χ4n) is 3.97. The van der Waals surface area contributed by atoms with Gasteiger partial charge in [-0.2, -0.15) is 10.4 Å². The lowest BCUT2D eigenvalue weighted by Crippen LogP contribution is -2.43. The molecule has 1 aliphatic heterocycles. The smallest absolute Gasteiger partial charge is 0.177 e. The van der Waals surface area contributed by atoms with E-state index >= 15 is 0 Å². The highest BCUT2D eigenvalue weighted by atomic mass is 32.2. The van der Waals surface area contributed by atoms with Gasteiger partial charge in [-0.1, -0.05) is 37.3 Å². The van der Waals surface area contributed by atoms with Crippen LogP contribution in [0.3, 0.4) is 0 Å². The van der Waals surface area contributed by atoms with Crippen LogP contribution in [-0.2, 0) is 21.6 Å². The van der Waals surface area contributed by atoms with Crippen molar-refractivity contribution in [2.75, 3.05) is 13.2 Å². The number of allylic oxidation sites excluding steroid dienone is 2. The van der Waals surface area contributed by atoms with E-state index in [0.717, 1.165) is 12.1 Å². The van der Waals surface area contributed by atoms with Gasteiger partial charge in [0.15, 0.2) is 6.29 Å². The minimum atomic E-state index is -1.72. The molecule has 0 aliphatic carbocycles. The van der Waals surface area contributed by atoms with Crippen LogP contribution in [0, 0.1) is 28.8 Å². The first kappa shape index (κ1) is 27.6. The highest BCUT2D eigenvalue weighted by molar-refractivity contribution is 8.00. The fraction of sp³-hybridized carbons (Fsp3) is 0.296. The molecule has 4 rings (SSSR count). The zero-order valence-corrected chi connectivity index (χ0v) is 21.2. The number of hydrogen-bond acceptors (Lipinski definition) is 7. The molecule has 38 heavy (non-hydrogen) atoms. The summed E-state index contributed by atoms with van der Waals surface area (Å²) >= 11 is 1.36. The molecule has 0 saturated carbocycles. The van der Waals surface area contributed by atoms with Gasteiger partial charge in [0.1, 0.15) is 35.7 Å². The summed E-state index contributed by atoms with van der Waals surface area (Å²) in [6.45, 7) is 2.28. The fourth-order valence-corrected chi connectivity index (χ4v) is 5.29. The molecule has 198 valence electrons. The number of aliphatic hydroxyl groups is 1. The zero-order chi connectivity index (χ0) is 27.1. The van der Waals surface area contributed by atoms with Gasteiger partial charge >= 0.3 is 0 Å². The Balaban J connectivity index is 1.36. The van der Waals surface area contributed by atoms with Crippen molar-refractivity contribution in [3.8, 4) is 6.07 Å². The largest absolute Gasteiger partial charge is 0.382 e. The van der Waals surface area contributed by atoms with E-state index in [1.807, 2.05) is 6.07 Å². The molecule has 0 radical (unpaired) electrons. The summed E-state index contributed by atoms with van der Waals surface area (Å²) in [7, 11) is 0. The highest BCUT2D eigenvalue weighted by Crippen LogP contribution is 2.38. The summed E-state index contributed by atoms with van der Waals surface area (Å²) in [5.41, 5.74) is -1.17. The van der Waals surface area contributed by atoms with Gasteiger partial charge in [-0.15, -0.1) is 11.8 Å². The van der Waals surface area contributed by atoms with E-state index < -0.39 is 34.6 Å². The van der Waals surface area contributed by atoms with Gasteiger partial charge in [0.2, 0.25) is 0 Å². The molecule has 2 aromatic carbocycles. The van der Waals surface area contributed by atoms with Crippen molar-refractivity contribution < 1.29 is 27.8 Å². The van der Waals surface area contributed by atoms with Crippen LogP contribution in [0.25, 0.3) is 6.08 Å². The van der Waals surface area contributed by atoms with Gasteiger partial charge in [0.05, 0.1) is 36.6 Å². The number of hydrogen-bond donors (Lipinski definition) is 1. The Bertz CT molecular complexity index is 1340. The summed E-state index contributed by atoms with van der Waals surface area (Å²) in [4.78, 5) is 3.88. The Hall–Kier alpha value is -3.43. The Kier molecular flexibility index (Phi) is 9.01. The van der Waals surface area contributed by atoms with Crippen LogP contribution >= 0.6 is 11.8 Å². The average molecular weight is 543 g/mol. The molecule has 0 spiro atoms. The first-order valence-corrected chi connectivity index (χ1v) is 12.7. The van der Waals surface area contributed by atoms with Gasteiger partial charge < -0.3 is 14.6 Å². The van der Waals surface area contributed by atoms with Crippen molar-refractivity contribution in [1.29, 1.82) is 5.26 Å². The second kappa shape index (κ2) is 12.4. The summed E-state index contributed by atoms with van der Waals surface area (Å²) in [5.74, 6) is -2.08. The van der Waals surface area contributed by atoms with E-state index in [9.17, 15) is 18.3 Å². The van der Waals surface area contributed by atoms with Crippen LogP contribution in [0.5, 0.6) is 0 Å². The van der Waals surface area contributed by atoms with E-state index in [1.54, 1.807) is 31.2 Å². The molecule has 11 heteroatoms. The lowest BCUT2D eigenvalue weighted by molar-refractivity contribution is -0.146. The normalized spacial score (nSPS) is 20.4. The van der Waals surface area contributed by atoms with Gasteiger partial charge in [-0.25, -0.2) is 22.8 Å². The molecule has 0 unspecified atom stereocenters. The van der Waals surface area contributed by atoms with E-state index in [4.69, 9.17) is 14.7 Å². The summed E-state index contributed by atoms with van der Waals surface area (Å²) in [6.07, 6.45) is 8.68. The lowest BCUT2D eigenvalue weighted by Gasteiger charge is -2.37. The summed E-state index contributed by atoms with van der Waals surface area (Å²) < 4.78 is 55.1. The number of rotatable bonds is 9. The zero-order valence-electron chi connectivity index (χ0n) is 20.4. The molecule has 1 aromatic heterocycles. The van der Waals surface area contributed by atoms with Crippen molar-refractivity contribution in [2.24, 2.45) is 0 Å². The average Bonchev–Trinajstić information content (AvgIpc) is 3.40. The molecule has 7 nitrogen and oxygen atoms in total. The van der Waals surface area contributed by atoms with Crippen LogP contribution in [0.15, 0.2) is 67.3 Å². The third-order valence-corrected chi connectivity index (χ3v) is 7.47. The molecule has 1 N–H and O–H groups in total. The molecule has 2 heterocycles. The van der Waals surface area contributed by atoms with E-state index in [0.29, 0.717) is 18.8 Å². The lowest BCUT2D eigenvalue weighted by atomic mass is 9.90. The molecule has 2 atom stereocenters. The van der Waals surface area contributed by atoms with Gasteiger partial charge in [-0.05, 0) is 24.3 Å². The molecule has 3 aromatic rings. The quantitative estimate of drug-likeness (QED) is 0.396. The standard InChI is InChI=1S/C27H25F3N4O3S/c1-18(27(35,15-34-17-32-16-33-34)23-9-8-21(28)11-25(23)30)38-22-13-36-26(37-14-22)5-3-2-4-20-7-6-19(12-31)10-24(20)29/h2-11,16-18,22,26,35H,13-15H2,1H3/b4-2+,5-3-/t18-,22-,26-,27-/m1/s1. The second-order valence-electron chi connectivity index (χ2n) is 8.67. The van der Waals surface area contributed by atoms with Crippen LogP contribution in [-0.4, -0.2) is 49.9 Å². The number of nitriles is 1. The molecule has 1 saturated heterocycles. The third kappa shape index (κ3) is 6.71. The number of halogens is 3. The molecule has 1 fully saturated rings. The van der Waals surface area contributed by atoms with E-state index in [2.05, 4.69) is 10.1 Å². The molecule has 1 aliphatic rings. The molecular weight excluding hydrogens is 517 g/mol. The van der Waals surface area contributed by atoms with Crippen molar-refractivity contribution in [2.45, 2.75) is 35.9 Å². The van der Waals surface area contributed by atoms with E-state index in [-0.39, 0.29) is 22.9 Å². The first-order valence-electron chi connectivity index (χ1n) is 11.7. The first-order chi connectivity index (χ1) is 18.3. The predicted octanol–water partition coefficient (Wildman–Crippen LogP) is 4.59. The van der Waals surface area contributed by atoms with Gasteiger partial charge in [0.25, 0.3) is 0 Å². The SMILES string of the molecule is C[C@@H](S[C@H]1CO[C@H](/C=C\C=C\c2ccc(C#N)cc2F)OC1)[C@](O)(Cn1cncn1)c1ccc(F)cc1F. The highest BCUT2D eigenvalue weighted by Gasteiger charge is 2.41. The van der Waals surface area contributed by atoms with Crippen molar-refractivity contribution in [1.82, 2.24) is 14.8 Å². The molecule has 0 amide bonds. The second-order valence-corrected chi connectivity index (χ2v) is 10.3. The maximum absolute atomic E-state index is 14.7. The minimum absolute atomic E-state index is 0.0432. The maximum atomic E-state index is 14.7. The van der Waals surface area contributed by atoms with Crippen molar-refractivity contribution in [3.63, 3.8) is 0 Å². The minimum Gasteiger partial charge on any atom is -0.382 e. The third-order valence-electron chi connectivity index (χ3n) is 6.01. The number of ether oxygens (including phenoxy) is 2. The van der Waals surface area contributed by atoms with E-state index in [1.165, 1.54) is 53.4 Å². The Morgan fingerprint density at radius 1 is 1.18 bits per heavy atom. The molecule has 0 bridgehead atoms. The number of nitrogens with zero attached hydrogens (tertiary/aromatic N) is 4. The summed E-state index contributed by atoms with van der Waals surface area (Å²) in [6, 6.07) is 9.21. The predicted molar refractivity (Wildman–Crippen MR) is 136 cm³/mol. The van der Waals surface area contributed by atoms with Crippen LogP contribution < -0.4 is 0 Å². The van der Waals surface area contributed by atoms with Crippen LogP contribution in [0.2, 0.25) is 0 Å². The van der Waals surface area contributed by atoms with Crippen molar-refractivity contribution in [3.05, 3.63) is 101 Å². The topological polar surface area (TPSA) is 93.2 Å². The van der Waals surface area contributed by atoms with Crippen LogP contribution in [0.4, 0.5) is 13.2 Å². The van der Waals surface area contributed by atoms with Crippen molar-refractivity contribution >= 4 is 17.8 Å². The van der Waals surface area contributed by atoms with Gasteiger partial charge in [-0.3, -0.25) is 0 Å².